The summed E-state index contributed by atoms with van der Waals surface area (Å²) in [5, 5.41) is 8.30. The van der Waals surface area contributed by atoms with Crippen LogP contribution in [-0.2, 0) is 19.1 Å². The lowest BCUT2D eigenvalue weighted by Gasteiger charge is -2.04. The fraction of sp³-hybridized carbons (Fsp3) is 0.800. The van der Waals surface area contributed by atoms with Gasteiger partial charge in [-0.05, 0) is 6.92 Å². The highest BCUT2D eigenvalue weighted by molar-refractivity contribution is 7.85. The van der Waals surface area contributed by atoms with Gasteiger partial charge in [0.15, 0.2) is 0 Å². The van der Waals surface area contributed by atoms with Crippen molar-refractivity contribution in [3.05, 3.63) is 0 Å². The number of carbonyl (C=O) groups is 1. The van der Waals surface area contributed by atoms with Crippen molar-refractivity contribution in [1.29, 1.82) is 0 Å². The van der Waals surface area contributed by atoms with E-state index in [9.17, 15) is 13.2 Å². The normalized spacial score (nSPS) is 14.4. The summed E-state index contributed by atoms with van der Waals surface area (Å²) in [5.74, 6) is -1.88. The fourth-order valence-corrected chi connectivity index (χ4v) is 0.748. The van der Waals surface area contributed by atoms with Crippen LogP contribution in [0.25, 0.3) is 0 Å². The Bertz CT molecular complexity index is 229. The maximum absolute atomic E-state index is 10.3. The zero-order valence-electron chi connectivity index (χ0n) is 6.27. The molecule has 5 nitrogen and oxygen atoms in total. The Labute approximate surface area is 65.1 Å². The predicted octanol–water partition coefficient (Wildman–Crippen LogP) is -0.317. The maximum Gasteiger partial charge on any atom is 0.308 e. The molecule has 6 heteroatoms. The maximum atomic E-state index is 10.3. The minimum Gasteiger partial charge on any atom is -0.481 e. The molecule has 0 amide bonds. The lowest BCUT2D eigenvalue weighted by molar-refractivity contribution is -0.141. The molecule has 0 rings (SSSR count). The molecular weight excluding hydrogens is 172 g/mol. The smallest absolute Gasteiger partial charge is 0.308 e. The van der Waals surface area contributed by atoms with Gasteiger partial charge in [0, 0.05) is 0 Å². The van der Waals surface area contributed by atoms with Crippen LogP contribution in [0.3, 0.4) is 0 Å². The molecule has 66 valence electrons. The molecule has 0 saturated carbocycles. The van der Waals surface area contributed by atoms with E-state index in [1.165, 1.54) is 6.92 Å². The van der Waals surface area contributed by atoms with Gasteiger partial charge in [-0.2, -0.15) is 8.42 Å². The average molecular weight is 182 g/mol. The Balaban J connectivity index is 3.82. The Morgan fingerprint density at radius 1 is 1.64 bits per heavy atom. The first-order chi connectivity index (χ1) is 4.83. The molecule has 0 radical (unpaired) electrons. The summed E-state index contributed by atoms with van der Waals surface area (Å²) in [5.41, 5.74) is 0. The van der Waals surface area contributed by atoms with E-state index >= 15 is 0 Å². The van der Waals surface area contributed by atoms with Crippen LogP contribution >= 0.6 is 0 Å². The monoisotopic (exact) mass is 182 g/mol. The number of hydrogen-bond acceptors (Lipinski definition) is 4. The first kappa shape index (κ1) is 10.4. The van der Waals surface area contributed by atoms with Gasteiger partial charge >= 0.3 is 5.97 Å². The number of aliphatic carboxylic acids is 1. The van der Waals surface area contributed by atoms with E-state index in [1.54, 1.807) is 0 Å². The van der Waals surface area contributed by atoms with E-state index in [4.69, 9.17) is 5.11 Å². The first-order valence-electron chi connectivity index (χ1n) is 2.90. The molecule has 0 aromatic heterocycles. The zero-order valence-corrected chi connectivity index (χ0v) is 7.09. The molecule has 0 saturated heterocycles. The largest absolute Gasteiger partial charge is 0.481 e. The standard InChI is InChI=1S/C5H10O5S/c1-4(5(6)7)3-10-11(2,8)9/h4H,3H2,1-2H3,(H,6,7)/t4-/m1/s1. The summed E-state index contributed by atoms with van der Waals surface area (Å²) in [6, 6.07) is 0. The third-order valence-corrected chi connectivity index (χ3v) is 1.52. The number of hydrogen-bond donors (Lipinski definition) is 1. The quantitative estimate of drug-likeness (QED) is 0.603. The lowest BCUT2D eigenvalue weighted by atomic mass is 10.2. The van der Waals surface area contributed by atoms with Crippen LogP contribution in [0.15, 0.2) is 0 Å². The summed E-state index contributed by atoms with van der Waals surface area (Å²) in [6.07, 6.45) is 0.877. The van der Waals surface area contributed by atoms with Crippen molar-refractivity contribution in [2.45, 2.75) is 6.92 Å². The van der Waals surface area contributed by atoms with Gasteiger partial charge < -0.3 is 5.11 Å². The van der Waals surface area contributed by atoms with Gasteiger partial charge in [-0.3, -0.25) is 8.98 Å². The van der Waals surface area contributed by atoms with Gasteiger partial charge in [0.05, 0.1) is 18.8 Å². The highest BCUT2D eigenvalue weighted by Crippen LogP contribution is 1.98. The molecule has 1 N–H and O–H groups in total. The minimum atomic E-state index is -3.52. The SMILES string of the molecule is C[C@H](COS(C)(=O)=O)C(=O)O. The molecule has 11 heavy (non-hydrogen) atoms. The molecule has 0 aromatic carbocycles. The zero-order chi connectivity index (χ0) is 9.07. The molecule has 0 aromatic rings. The van der Waals surface area contributed by atoms with E-state index in [0.717, 1.165) is 6.26 Å². The highest BCUT2D eigenvalue weighted by atomic mass is 32.2. The van der Waals surface area contributed by atoms with Crippen molar-refractivity contribution in [2.24, 2.45) is 5.92 Å². The van der Waals surface area contributed by atoms with Crippen LogP contribution in [0, 0.1) is 5.92 Å². The van der Waals surface area contributed by atoms with Crippen molar-refractivity contribution >= 4 is 16.1 Å². The van der Waals surface area contributed by atoms with Gasteiger partial charge in [0.25, 0.3) is 10.1 Å². The third kappa shape index (κ3) is 5.81. The van der Waals surface area contributed by atoms with E-state index in [1.807, 2.05) is 0 Å². The highest BCUT2D eigenvalue weighted by Gasteiger charge is 2.13. The molecular formula is C5H10O5S. The van der Waals surface area contributed by atoms with Crippen molar-refractivity contribution < 1.29 is 22.5 Å². The van der Waals surface area contributed by atoms with Crippen LogP contribution in [0.5, 0.6) is 0 Å². The molecule has 0 heterocycles. The van der Waals surface area contributed by atoms with Crippen LogP contribution in [-0.4, -0.2) is 32.4 Å². The van der Waals surface area contributed by atoms with Crippen LogP contribution in [0.2, 0.25) is 0 Å². The predicted molar refractivity (Wildman–Crippen MR) is 37.6 cm³/mol. The molecule has 0 fully saturated rings. The van der Waals surface area contributed by atoms with Crippen molar-refractivity contribution in [3.8, 4) is 0 Å². The Morgan fingerprint density at radius 2 is 2.09 bits per heavy atom. The molecule has 0 aliphatic heterocycles. The van der Waals surface area contributed by atoms with Gasteiger partial charge in [-0.1, -0.05) is 0 Å². The van der Waals surface area contributed by atoms with Gasteiger partial charge in [0.2, 0.25) is 0 Å². The molecule has 0 spiro atoms. The van der Waals surface area contributed by atoms with Crippen LogP contribution < -0.4 is 0 Å². The fourth-order valence-electron chi connectivity index (χ4n) is 0.297. The number of rotatable bonds is 4. The molecule has 0 bridgehead atoms. The van der Waals surface area contributed by atoms with E-state index in [0.29, 0.717) is 0 Å². The van der Waals surface area contributed by atoms with E-state index < -0.39 is 22.0 Å². The summed E-state index contributed by atoms with van der Waals surface area (Å²) < 4.78 is 24.9. The van der Waals surface area contributed by atoms with Crippen molar-refractivity contribution in [2.75, 3.05) is 12.9 Å². The second-order valence-electron chi connectivity index (χ2n) is 2.23. The molecule has 0 aliphatic rings. The number of carboxylic acid groups (broad SMARTS) is 1. The second-order valence-corrected chi connectivity index (χ2v) is 3.87. The van der Waals surface area contributed by atoms with Gasteiger partial charge in [-0.25, -0.2) is 0 Å². The molecule has 0 aliphatic carbocycles. The van der Waals surface area contributed by atoms with Crippen molar-refractivity contribution in [1.82, 2.24) is 0 Å². The Morgan fingerprint density at radius 3 is 2.36 bits per heavy atom. The van der Waals surface area contributed by atoms with Crippen LogP contribution in [0.4, 0.5) is 0 Å². The summed E-state index contributed by atoms with van der Waals surface area (Å²) in [6.45, 7) is 1.06. The topological polar surface area (TPSA) is 80.7 Å². The Hall–Kier alpha value is -0.620. The Kier molecular flexibility index (Phi) is 3.47. The van der Waals surface area contributed by atoms with Gasteiger partial charge in [-0.15, -0.1) is 0 Å². The summed E-state index contributed by atoms with van der Waals surface area (Å²) in [4.78, 5) is 10.1. The second kappa shape index (κ2) is 3.68. The van der Waals surface area contributed by atoms with Crippen molar-refractivity contribution in [3.63, 3.8) is 0 Å². The van der Waals surface area contributed by atoms with E-state index in [-0.39, 0.29) is 6.61 Å². The van der Waals surface area contributed by atoms with Crippen LogP contribution in [0.1, 0.15) is 6.92 Å². The van der Waals surface area contributed by atoms with Gasteiger partial charge in [0.1, 0.15) is 0 Å². The first-order valence-corrected chi connectivity index (χ1v) is 4.72. The third-order valence-electron chi connectivity index (χ3n) is 0.954. The number of carboxylic acids is 1. The molecule has 0 unspecified atom stereocenters. The average Bonchev–Trinajstić information content (AvgIpc) is 1.80. The summed E-state index contributed by atoms with van der Waals surface area (Å²) in [7, 11) is -3.52. The van der Waals surface area contributed by atoms with E-state index in [2.05, 4.69) is 4.18 Å². The minimum absolute atomic E-state index is 0.311. The summed E-state index contributed by atoms with van der Waals surface area (Å²) >= 11 is 0. The lowest BCUT2D eigenvalue weighted by Crippen LogP contribution is -2.18. The molecule has 1 atom stereocenters.